The molecule has 3 aromatic rings. The number of hydrogen-bond donors (Lipinski definition) is 0. The largest absolute Gasteiger partial charge is 0.493 e. The molecular weight excluding hydrogens is 472 g/mol. The van der Waals surface area contributed by atoms with Crippen LogP contribution in [0.1, 0.15) is 11.1 Å². The molecule has 1 aromatic heterocycles. The molecular formula is C21H23ClN4O6S. The lowest BCUT2D eigenvalue weighted by molar-refractivity contribution is 0.348. The molecule has 0 aliphatic carbocycles. The Balaban J connectivity index is 1.70. The second kappa shape index (κ2) is 8.40. The minimum Gasteiger partial charge on any atom is -0.493 e. The van der Waals surface area contributed by atoms with Crippen molar-refractivity contribution in [3.8, 4) is 17.2 Å². The minimum atomic E-state index is -3.94. The second-order valence-electron chi connectivity index (χ2n) is 7.63. The van der Waals surface area contributed by atoms with Crippen LogP contribution in [0.4, 0.5) is 0 Å². The van der Waals surface area contributed by atoms with Crippen molar-refractivity contribution in [3.05, 3.63) is 67.4 Å². The summed E-state index contributed by atoms with van der Waals surface area (Å²) in [6.45, 7) is 0.413. The first-order valence-corrected chi connectivity index (χ1v) is 11.8. The molecule has 10 nitrogen and oxygen atoms in total. The van der Waals surface area contributed by atoms with E-state index in [0.29, 0.717) is 17.9 Å². The summed E-state index contributed by atoms with van der Waals surface area (Å²) in [6.07, 6.45) is 0.500. The van der Waals surface area contributed by atoms with Crippen LogP contribution in [-0.2, 0) is 37.1 Å². The Morgan fingerprint density at radius 2 is 1.48 bits per heavy atom. The fourth-order valence-electron chi connectivity index (χ4n) is 3.89. The molecule has 4 rings (SSSR count). The lowest BCUT2D eigenvalue weighted by Gasteiger charge is -2.29. The van der Waals surface area contributed by atoms with Crippen molar-refractivity contribution in [3.63, 3.8) is 0 Å². The van der Waals surface area contributed by atoms with Gasteiger partial charge in [-0.05, 0) is 47.9 Å². The number of fused-ring (bicyclic) bond motifs is 1. The highest BCUT2D eigenvalue weighted by atomic mass is 35.5. The SMILES string of the molecule is COc1cc2c(cc1OC)CN(S(=O)(=O)c1ccc(-n3c(=O)n(C)n(C)c3=O)cc1Cl)CC2. The number of sulfonamides is 1. The van der Waals surface area contributed by atoms with Gasteiger partial charge in [-0.3, -0.25) is 0 Å². The van der Waals surface area contributed by atoms with Crippen LogP contribution in [0.15, 0.2) is 44.8 Å². The maximum atomic E-state index is 13.4. The third-order valence-electron chi connectivity index (χ3n) is 5.86. The quantitative estimate of drug-likeness (QED) is 0.529. The van der Waals surface area contributed by atoms with E-state index in [1.54, 1.807) is 13.2 Å². The van der Waals surface area contributed by atoms with Crippen molar-refractivity contribution in [2.75, 3.05) is 20.8 Å². The standard InChI is InChI=1S/C21H23ClN4O6S/c1-23-20(27)26(21(28)24(23)2)15-5-6-19(16(22)11-15)33(29,30)25-8-7-13-9-17(31-3)18(32-4)10-14(13)12-25/h5-6,9-11H,7-8,12H2,1-4H3. The highest BCUT2D eigenvalue weighted by Gasteiger charge is 2.31. The van der Waals surface area contributed by atoms with Crippen LogP contribution < -0.4 is 20.9 Å². The zero-order valence-corrected chi connectivity index (χ0v) is 20.1. The molecule has 0 saturated heterocycles. The van der Waals surface area contributed by atoms with Gasteiger partial charge < -0.3 is 9.47 Å². The topological polar surface area (TPSA) is 105 Å². The molecule has 1 aliphatic heterocycles. The van der Waals surface area contributed by atoms with Gasteiger partial charge in [0.1, 0.15) is 4.90 Å². The van der Waals surface area contributed by atoms with E-state index in [0.717, 1.165) is 25.1 Å². The van der Waals surface area contributed by atoms with Crippen molar-refractivity contribution < 1.29 is 17.9 Å². The molecule has 0 saturated carbocycles. The molecule has 33 heavy (non-hydrogen) atoms. The lowest BCUT2D eigenvalue weighted by atomic mass is 10.0. The normalized spacial score (nSPS) is 14.2. The van der Waals surface area contributed by atoms with E-state index in [-0.39, 0.29) is 28.7 Å². The average molecular weight is 495 g/mol. The molecule has 0 spiro atoms. The van der Waals surface area contributed by atoms with Crippen molar-refractivity contribution in [2.24, 2.45) is 14.1 Å². The van der Waals surface area contributed by atoms with Crippen LogP contribution in [0.3, 0.4) is 0 Å². The highest BCUT2D eigenvalue weighted by Crippen LogP contribution is 2.35. The van der Waals surface area contributed by atoms with Crippen molar-refractivity contribution in [1.29, 1.82) is 0 Å². The maximum Gasteiger partial charge on any atom is 0.351 e. The Hall–Kier alpha value is -3.02. The number of halogens is 1. The Morgan fingerprint density at radius 1 is 0.909 bits per heavy atom. The minimum absolute atomic E-state index is 0.0802. The van der Waals surface area contributed by atoms with Gasteiger partial charge in [-0.2, -0.15) is 4.31 Å². The van der Waals surface area contributed by atoms with Crippen LogP contribution in [0.25, 0.3) is 5.69 Å². The van der Waals surface area contributed by atoms with Gasteiger partial charge in [0.2, 0.25) is 10.0 Å². The predicted octanol–water partition coefficient (Wildman–Crippen LogP) is 1.29. The number of benzene rings is 2. The summed E-state index contributed by atoms with van der Waals surface area (Å²) in [4.78, 5) is 24.7. The Kier molecular flexibility index (Phi) is 5.89. The third-order valence-corrected chi connectivity index (χ3v) is 8.19. The van der Waals surface area contributed by atoms with E-state index < -0.39 is 21.4 Å². The highest BCUT2D eigenvalue weighted by molar-refractivity contribution is 7.89. The number of nitrogens with zero attached hydrogens (tertiary/aromatic N) is 4. The number of aromatic nitrogens is 3. The van der Waals surface area contributed by atoms with E-state index in [1.165, 1.54) is 43.7 Å². The number of ether oxygens (including phenoxy) is 2. The molecule has 0 radical (unpaired) electrons. The Bertz CT molecular complexity index is 1440. The fourth-order valence-corrected chi connectivity index (χ4v) is 5.82. The first kappa shape index (κ1) is 23.1. The van der Waals surface area contributed by atoms with Gasteiger partial charge in [0.15, 0.2) is 11.5 Å². The summed E-state index contributed by atoms with van der Waals surface area (Å²) in [5.74, 6) is 1.11. The summed E-state index contributed by atoms with van der Waals surface area (Å²) in [5, 5.41) is -0.0802. The molecule has 0 atom stereocenters. The molecule has 176 valence electrons. The van der Waals surface area contributed by atoms with Gasteiger partial charge in [-0.1, -0.05) is 11.6 Å². The average Bonchev–Trinajstić information content (AvgIpc) is 2.99. The molecule has 12 heteroatoms. The van der Waals surface area contributed by atoms with Gasteiger partial charge in [0, 0.05) is 27.2 Å². The molecule has 2 aromatic carbocycles. The molecule has 0 amide bonds. The molecule has 1 aliphatic rings. The van der Waals surface area contributed by atoms with E-state index in [1.807, 2.05) is 6.07 Å². The van der Waals surface area contributed by atoms with Gasteiger partial charge in [0.25, 0.3) is 0 Å². The fraction of sp³-hybridized carbons (Fsp3) is 0.333. The summed E-state index contributed by atoms with van der Waals surface area (Å²) < 4.78 is 42.0. The van der Waals surface area contributed by atoms with Crippen LogP contribution >= 0.6 is 11.6 Å². The van der Waals surface area contributed by atoms with Gasteiger partial charge in [-0.25, -0.2) is 31.9 Å². The van der Waals surface area contributed by atoms with Crippen molar-refractivity contribution >= 4 is 21.6 Å². The predicted molar refractivity (Wildman–Crippen MR) is 122 cm³/mol. The number of rotatable bonds is 5. The van der Waals surface area contributed by atoms with E-state index in [9.17, 15) is 18.0 Å². The van der Waals surface area contributed by atoms with Gasteiger partial charge in [0.05, 0.1) is 24.9 Å². The summed E-state index contributed by atoms with van der Waals surface area (Å²) in [7, 11) is 2.05. The Labute approximate surface area is 195 Å². The van der Waals surface area contributed by atoms with Crippen LogP contribution in [0, 0.1) is 0 Å². The smallest absolute Gasteiger partial charge is 0.351 e. The first-order valence-electron chi connectivity index (χ1n) is 9.99. The van der Waals surface area contributed by atoms with Crippen LogP contribution in [0.5, 0.6) is 11.5 Å². The number of hydrogen-bond acceptors (Lipinski definition) is 6. The van der Waals surface area contributed by atoms with E-state index >= 15 is 0 Å². The van der Waals surface area contributed by atoms with E-state index in [4.69, 9.17) is 21.1 Å². The molecule has 0 bridgehead atoms. The zero-order valence-electron chi connectivity index (χ0n) is 18.5. The second-order valence-corrected chi connectivity index (χ2v) is 9.94. The van der Waals surface area contributed by atoms with Crippen molar-refractivity contribution in [2.45, 2.75) is 17.9 Å². The molecule has 2 heterocycles. The Morgan fingerprint density at radius 3 is 2.03 bits per heavy atom. The van der Waals surface area contributed by atoms with Crippen LogP contribution in [0.2, 0.25) is 5.02 Å². The summed E-state index contributed by atoms with van der Waals surface area (Å²) >= 11 is 6.35. The summed E-state index contributed by atoms with van der Waals surface area (Å²) in [5.41, 5.74) is 0.859. The van der Waals surface area contributed by atoms with Gasteiger partial charge >= 0.3 is 11.4 Å². The van der Waals surface area contributed by atoms with Crippen molar-refractivity contribution in [1.82, 2.24) is 18.2 Å². The molecule has 0 unspecified atom stereocenters. The third kappa shape index (κ3) is 3.75. The van der Waals surface area contributed by atoms with Crippen LogP contribution in [-0.4, -0.2) is 47.4 Å². The number of methoxy groups -OCH3 is 2. The molecule has 0 fully saturated rings. The maximum absolute atomic E-state index is 13.4. The lowest BCUT2D eigenvalue weighted by Crippen LogP contribution is -2.36. The monoisotopic (exact) mass is 494 g/mol. The molecule has 0 N–H and O–H groups in total. The first-order chi connectivity index (χ1) is 15.6. The van der Waals surface area contributed by atoms with E-state index in [2.05, 4.69) is 0 Å². The zero-order chi connectivity index (χ0) is 24.1. The summed E-state index contributed by atoms with van der Waals surface area (Å²) in [6, 6.07) is 7.66. The van der Waals surface area contributed by atoms with Gasteiger partial charge in [-0.15, -0.1) is 0 Å².